The molecule has 1 amide bonds. The molecule has 0 unspecified atom stereocenters. The van der Waals surface area contributed by atoms with Gasteiger partial charge in [-0.05, 0) is 44.2 Å². The van der Waals surface area contributed by atoms with E-state index in [1.54, 1.807) is 0 Å². The van der Waals surface area contributed by atoms with Gasteiger partial charge in [0.2, 0.25) is 5.91 Å². The van der Waals surface area contributed by atoms with Gasteiger partial charge in [0.05, 0.1) is 6.20 Å². The van der Waals surface area contributed by atoms with Gasteiger partial charge in [-0.2, -0.15) is 5.10 Å². The van der Waals surface area contributed by atoms with Crippen LogP contribution in [0.3, 0.4) is 0 Å². The lowest BCUT2D eigenvalue weighted by Crippen LogP contribution is -2.33. The maximum Gasteiger partial charge on any atom is 0.223 e. The quantitative estimate of drug-likeness (QED) is 0.943. The predicted molar refractivity (Wildman–Crippen MR) is 86.4 cm³/mol. The van der Waals surface area contributed by atoms with Crippen LogP contribution in [0.15, 0.2) is 30.5 Å². The van der Waals surface area contributed by atoms with Crippen LogP contribution in [0, 0.1) is 12.8 Å². The largest absolute Gasteiger partial charge is 0.352 e. The van der Waals surface area contributed by atoms with Crippen molar-refractivity contribution in [3.8, 4) is 0 Å². The van der Waals surface area contributed by atoms with Crippen LogP contribution in [-0.2, 0) is 30.7 Å². The molecule has 4 nitrogen and oxygen atoms in total. The highest BCUT2D eigenvalue weighted by atomic mass is 16.1. The predicted octanol–water partition coefficient (Wildman–Crippen LogP) is 2.63. The van der Waals surface area contributed by atoms with Crippen LogP contribution in [0.5, 0.6) is 0 Å². The van der Waals surface area contributed by atoms with E-state index in [9.17, 15) is 4.79 Å². The van der Waals surface area contributed by atoms with E-state index in [4.69, 9.17) is 0 Å². The number of hydrogen-bond acceptors (Lipinski definition) is 2. The minimum atomic E-state index is 0.0939. The molecule has 1 aliphatic rings. The Bertz CT molecular complexity index is 675. The van der Waals surface area contributed by atoms with Crippen molar-refractivity contribution in [3.05, 3.63) is 52.8 Å². The molecule has 1 atom stereocenters. The molecule has 0 saturated heterocycles. The van der Waals surface area contributed by atoms with Crippen molar-refractivity contribution in [1.82, 2.24) is 15.1 Å². The molecule has 1 heterocycles. The highest BCUT2D eigenvalue weighted by Gasteiger charge is 2.24. The standard InChI is InChI=1S/C18H23N3O/c1-3-21-13(2)17(12-20-21)11-19-18(22)16-9-8-14-6-4-5-7-15(14)10-16/h4-7,12,16H,3,8-11H2,1-2H3,(H,19,22)/t16-/m0/s1. The van der Waals surface area contributed by atoms with E-state index in [0.717, 1.165) is 37.1 Å². The Balaban J connectivity index is 1.60. The Morgan fingerprint density at radius 2 is 2.14 bits per heavy atom. The first kappa shape index (κ1) is 14.8. The van der Waals surface area contributed by atoms with Crippen LogP contribution in [-0.4, -0.2) is 15.7 Å². The summed E-state index contributed by atoms with van der Waals surface area (Å²) < 4.78 is 1.96. The lowest BCUT2D eigenvalue weighted by Gasteiger charge is -2.23. The van der Waals surface area contributed by atoms with Gasteiger partial charge in [-0.15, -0.1) is 0 Å². The third-order valence-electron chi connectivity index (χ3n) is 4.68. The highest BCUT2D eigenvalue weighted by Crippen LogP contribution is 2.25. The lowest BCUT2D eigenvalue weighted by atomic mass is 9.83. The molecule has 1 aromatic heterocycles. The molecule has 0 saturated carbocycles. The van der Waals surface area contributed by atoms with Crippen LogP contribution < -0.4 is 5.32 Å². The SMILES string of the molecule is CCn1ncc(CNC(=O)[C@H]2CCc3ccccc3C2)c1C. The number of aryl methyl sites for hydroxylation is 2. The summed E-state index contributed by atoms with van der Waals surface area (Å²) in [6, 6.07) is 8.45. The van der Waals surface area contributed by atoms with Gasteiger partial charge in [-0.1, -0.05) is 24.3 Å². The lowest BCUT2D eigenvalue weighted by molar-refractivity contribution is -0.125. The van der Waals surface area contributed by atoms with Gasteiger partial charge in [0.25, 0.3) is 0 Å². The second-order valence-corrected chi connectivity index (χ2v) is 6.00. The average molecular weight is 297 g/mol. The van der Waals surface area contributed by atoms with Crippen molar-refractivity contribution in [2.45, 2.75) is 46.2 Å². The zero-order valence-corrected chi connectivity index (χ0v) is 13.3. The van der Waals surface area contributed by atoms with Gasteiger partial charge in [0.1, 0.15) is 0 Å². The fraction of sp³-hybridized carbons (Fsp3) is 0.444. The van der Waals surface area contributed by atoms with Crippen LogP contribution in [0.4, 0.5) is 0 Å². The molecule has 0 radical (unpaired) electrons. The third kappa shape index (κ3) is 2.91. The van der Waals surface area contributed by atoms with Crippen molar-refractivity contribution in [2.24, 2.45) is 5.92 Å². The topological polar surface area (TPSA) is 46.9 Å². The number of benzene rings is 1. The second-order valence-electron chi connectivity index (χ2n) is 6.00. The maximum atomic E-state index is 12.4. The Hall–Kier alpha value is -2.10. The molecule has 3 rings (SSSR count). The third-order valence-corrected chi connectivity index (χ3v) is 4.68. The van der Waals surface area contributed by atoms with Crippen molar-refractivity contribution in [3.63, 3.8) is 0 Å². The van der Waals surface area contributed by atoms with Crippen molar-refractivity contribution >= 4 is 5.91 Å². The van der Waals surface area contributed by atoms with Crippen molar-refractivity contribution in [2.75, 3.05) is 0 Å². The number of nitrogens with zero attached hydrogens (tertiary/aromatic N) is 2. The summed E-state index contributed by atoms with van der Waals surface area (Å²) in [5.74, 6) is 0.259. The number of carbonyl (C=O) groups excluding carboxylic acids is 1. The molecular weight excluding hydrogens is 274 g/mol. The van der Waals surface area contributed by atoms with E-state index in [0.29, 0.717) is 6.54 Å². The van der Waals surface area contributed by atoms with E-state index < -0.39 is 0 Å². The number of hydrogen-bond donors (Lipinski definition) is 1. The van der Waals surface area contributed by atoms with Gasteiger partial charge < -0.3 is 5.32 Å². The van der Waals surface area contributed by atoms with Gasteiger partial charge in [-0.25, -0.2) is 0 Å². The summed E-state index contributed by atoms with van der Waals surface area (Å²) in [5, 5.41) is 7.41. The van der Waals surface area contributed by atoms with Gasteiger partial charge in [-0.3, -0.25) is 9.48 Å². The first-order chi connectivity index (χ1) is 10.7. The van der Waals surface area contributed by atoms with E-state index in [2.05, 4.69) is 48.5 Å². The number of nitrogens with one attached hydrogen (secondary N) is 1. The fourth-order valence-electron chi connectivity index (χ4n) is 3.23. The van der Waals surface area contributed by atoms with Crippen LogP contribution in [0.1, 0.15) is 35.7 Å². The van der Waals surface area contributed by atoms with Crippen molar-refractivity contribution in [1.29, 1.82) is 0 Å². The smallest absolute Gasteiger partial charge is 0.223 e. The molecule has 1 N–H and O–H groups in total. The molecule has 0 fully saturated rings. The number of fused-ring (bicyclic) bond motifs is 1. The van der Waals surface area contributed by atoms with E-state index in [1.807, 2.05) is 10.9 Å². The first-order valence-electron chi connectivity index (χ1n) is 8.04. The van der Waals surface area contributed by atoms with Gasteiger partial charge in [0, 0.05) is 30.3 Å². The minimum absolute atomic E-state index is 0.0939. The molecule has 22 heavy (non-hydrogen) atoms. The second kappa shape index (κ2) is 6.34. The Kier molecular flexibility index (Phi) is 4.27. The molecule has 4 heteroatoms. The molecular formula is C18H23N3O. The maximum absolute atomic E-state index is 12.4. The number of aromatic nitrogens is 2. The van der Waals surface area contributed by atoms with Gasteiger partial charge >= 0.3 is 0 Å². The van der Waals surface area contributed by atoms with Crippen LogP contribution >= 0.6 is 0 Å². The number of rotatable bonds is 4. The molecule has 0 bridgehead atoms. The minimum Gasteiger partial charge on any atom is -0.352 e. The molecule has 0 aliphatic heterocycles. The summed E-state index contributed by atoms with van der Waals surface area (Å²) in [4.78, 5) is 12.4. The average Bonchev–Trinajstić information content (AvgIpc) is 2.92. The van der Waals surface area contributed by atoms with E-state index in [1.165, 1.54) is 11.1 Å². The van der Waals surface area contributed by atoms with E-state index in [-0.39, 0.29) is 11.8 Å². The molecule has 2 aromatic rings. The Labute approximate surface area is 131 Å². The molecule has 1 aromatic carbocycles. The Morgan fingerprint density at radius 3 is 2.86 bits per heavy atom. The van der Waals surface area contributed by atoms with Crippen molar-refractivity contribution < 1.29 is 4.79 Å². The monoisotopic (exact) mass is 297 g/mol. The van der Waals surface area contributed by atoms with E-state index >= 15 is 0 Å². The molecule has 1 aliphatic carbocycles. The zero-order chi connectivity index (χ0) is 15.5. The Morgan fingerprint density at radius 1 is 1.36 bits per heavy atom. The van der Waals surface area contributed by atoms with Gasteiger partial charge in [0.15, 0.2) is 0 Å². The first-order valence-corrected chi connectivity index (χ1v) is 8.04. The highest BCUT2D eigenvalue weighted by molar-refractivity contribution is 5.79. The summed E-state index contributed by atoms with van der Waals surface area (Å²) >= 11 is 0. The number of amides is 1. The summed E-state index contributed by atoms with van der Waals surface area (Å²) in [6.45, 7) is 5.55. The molecule has 116 valence electrons. The number of carbonyl (C=O) groups is 1. The van der Waals surface area contributed by atoms with Crippen LogP contribution in [0.25, 0.3) is 0 Å². The summed E-state index contributed by atoms with van der Waals surface area (Å²) in [5.41, 5.74) is 4.96. The normalized spacial score (nSPS) is 17.1. The summed E-state index contributed by atoms with van der Waals surface area (Å²) in [6.07, 6.45) is 4.65. The van der Waals surface area contributed by atoms with Crippen LogP contribution in [0.2, 0.25) is 0 Å². The summed E-state index contributed by atoms with van der Waals surface area (Å²) in [7, 11) is 0. The molecule has 0 spiro atoms. The zero-order valence-electron chi connectivity index (χ0n) is 13.3. The fourth-order valence-corrected chi connectivity index (χ4v) is 3.23.